The topological polar surface area (TPSA) is 47.6 Å². The molecule has 0 aliphatic carbocycles. The van der Waals surface area contributed by atoms with E-state index in [0.29, 0.717) is 11.7 Å². The molecule has 104 valence electrons. The minimum Gasteiger partial charge on any atom is -0.497 e. The molecule has 0 saturated carbocycles. The zero-order chi connectivity index (χ0) is 14.4. The van der Waals surface area contributed by atoms with Crippen molar-refractivity contribution in [2.75, 3.05) is 13.4 Å². The highest BCUT2D eigenvalue weighted by Crippen LogP contribution is 2.12. The van der Waals surface area contributed by atoms with E-state index in [-0.39, 0.29) is 0 Å². The Labute approximate surface area is 116 Å². The van der Waals surface area contributed by atoms with E-state index in [4.69, 9.17) is 10.5 Å². The fourth-order valence-electron chi connectivity index (χ4n) is 0.965. The van der Waals surface area contributed by atoms with E-state index in [0.717, 1.165) is 11.3 Å². The molecule has 1 aromatic carbocycles. The lowest BCUT2D eigenvalue weighted by molar-refractivity contribution is 0.414. The Morgan fingerprint density at radius 1 is 1.17 bits per heavy atom. The van der Waals surface area contributed by atoms with Crippen LogP contribution >= 0.6 is 11.8 Å². The van der Waals surface area contributed by atoms with Gasteiger partial charge >= 0.3 is 0 Å². The van der Waals surface area contributed by atoms with E-state index in [1.807, 2.05) is 58.2 Å². The molecule has 2 N–H and O–H groups in total. The van der Waals surface area contributed by atoms with E-state index in [9.17, 15) is 0 Å². The van der Waals surface area contributed by atoms with Gasteiger partial charge in [-0.2, -0.15) is 0 Å². The average Bonchev–Trinajstić information content (AvgIpc) is 2.49. The van der Waals surface area contributed by atoms with Gasteiger partial charge in [0.15, 0.2) is 5.17 Å². The minimum atomic E-state index is 0.612. The first-order valence-corrected chi connectivity index (χ1v) is 7.45. The number of benzene rings is 1. The van der Waals surface area contributed by atoms with Gasteiger partial charge in [-0.15, -0.1) is 0 Å². The monoisotopic (exact) mass is 270 g/mol. The molecule has 1 rings (SSSR count). The SMILES string of the molecule is CC.CC.COc1ccc(CN=C(N)SC)cc1. The number of ether oxygens (including phenoxy) is 1. The van der Waals surface area contributed by atoms with Crippen molar-refractivity contribution in [2.45, 2.75) is 34.2 Å². The van der Waals surface area contributed by atoms with Gasteiger partial charge in [0.2, 0.25) is 0 Å². The fraction of sp³-hybridized carbons (Fsp3) is 0.500. The second-order valence-electron chi connectivity index (χ2n) is 2.71. The highest BCUT2D eigenvalue weighted by atomic mass is 32.2. The molecule has 1 aromatic rings. The zero-order valence-corrected chi connectivity index (χ0v) is 13.2. The van der Waals surface area contributed by atoms with E-state index in [2.05, 4.69) is 4.99 Å². The second kappa shape index (κ2) is 13.9. The number of rotatable bonds is 3. The lowest BCUT2D eigenvalue weighted by Gasteiger charge is -2.01. The Morgan fingerprint density at radius 2 is 1.67 bits per heavy atom. The van der Waals surface area contributed by atoms with Gasteiger partial charge in [0, 0.05) is 0 Å². The van der Waals surface area contributed by atoms with E-state index in [1.165, 1.54) is 11.8 Å². The number of hydrogen-bond donors (Lipinski definition) is 1. The molecule has 4 heteroatoms. The summed E-state index contributed by atoms with van der Waals surface area (Å²) < 4.78 is 5.05. The molecule has 0 aromatic heterocycles. The molecule has 0 heterocycles. The van der Waals surface area contributed by atoms with E-state index >= 15 is 0 Å². The van der Waals surface area contributed by atoms with Gasteiger partial charge in [-0.25, -0.2) is 0 Å². The molecule has 0 aliphatic rings. The number of methoxy groups -OCH3 is 1. The fourth-order valence-corrected chi connectivity index (χ4v) is 1.16. The van der Waals surface area contributed by atoms with Crippen LogP contribution in [0.1, 0.15) is 33.3 Å². The summed E-state index contributed by atoms with van der Waals surface area (Å²) in [4.78, 5) is 4.18. The summed E-state index contributed by atoms with van der Waals surface area (Å²) in [6, 6.07) is 7.80. The van der Waals surface area contributed by atoms with Gasteiger partial charge in [-0.05, 0) is 24.0 Å². The predicted octanol–water partition coefficient (Wildman–Crippen LogP) is 3.93. The summed E-state index contributed by atoms with van der Waals surface area (Å²) in [6.45, 7) is 8.62. The lowest BCUT2D eigenvalue weighted by atomic mass is 10.2. The van der Waals surface area contributed by atoms with Gasteiger partial charge in [-0.3, -0.25) is 4.99 Å². The Morgan fingerprint density at radius 3 is 2.06 bits per heavy atom. The summed E-state index contributed by atoms with van der Waals surface area (Å²) >= 11 is 1.45. The minimum absolute atomic E-state index is 0.612. The molecule has 0 amide bonds. The third kappa shape index (κ3) is 8.93. The van der Waals surface area contributed by atoms with Gasteiger partial charge in [-0.1, -0.05) is 51.6 Å². The molecule has 0 spiro atoms. The first-order valence-electron chi connectivity index (χ1n) is 6.23. The Hall–Kier alpha value is -1.16. The van der Waals surface area contributed by atoms with Gasteiger partial charge < -0.3 is 10.5 Å². The molecule has 0 aliphatic heterocycles. The highest BCUT2D eigenvalue weighted by Gasteiger charge is 1.93. The number of amidine groups is 1. The quantitative estimate of drug-likeness (QED) is 0.669. The summed E-state index contributed by atoms with van der Waals surface area (Å²) in [6.07, 6.45) is 1.91. The van der Waals surface area contributed by atoms with Crippen molar-refractivity contribution in [3.05, 3.63) is 29.8 Å². The first-order chi connectivity index (χ1) is 8.76. The smallest absolute Gasteiger partial charge is 0.153 e. The summed E-state index contributed by atoms with van der Waals surface area (Å²) in [5.74, 6) is 0.857. The molecule has 0 bridgehead atoms. The highest BCUT2D eigenvalue weighted by molar-refractivity contribution is 8.13. The van der Waals surface area contributed by atoms with Crippen LogP contribution in [0.25, 0.3) is 0 Å². The van der Waals surface area contributed by atoms with Crippen molar-refractivity contribution < 1.29 is 4.74 Å². The van der Waals surface area contributed by atoms with Crippen molar-refractivity contribution in [1.82, 2.24) is 0 Å². The molecule has 0 radical (unpaired) electrons. The van der Waals surface area contributed by atoms with E-state index < -0.39 is 0 Å². The third-order valence-electron chi connectivity index (χ3n) is 1.79. The van der Waals surface area contributed by atoms with E-state index in [1.54, 1.807) is 7.11 Å². The molecule has 0 atom stereocenters. The first kappa shape index (κ1) is 19.2. The number of thioether (sulfide) groups is 1. The average molecular weight is 270 g/mol. The van der Waals surface area contributed by atoms with Gasteiger partial charge in [0.05, 0.1) is 13.7 Å². The maximum absolute atomic E-state index is 5.57. The molecular formula is C14H26N2OS. The molecule has 0 saturated heterocycles. The summed E-state index contributed by atoms with van der Waals surface area (Å²) in [5, 5.41) is 0.612. The van der Waals surface area contributed by atoms with Crippen molar-refractivity contribution in [3.8, 4) is 5.75 Å². The van der Waals surface area contributed by atoms with Crippen LogP contribution < -0.4 is 10.5 Å². The number of nitrogens with zero attached hydrogens (tertiary/aromatic N) is 1. The molecule has 18 heavy (non-hydrogen) atoms. The summed E-state index contributed by atoms with van der Waals surface area (Å²) in [7, 11) is 1.65. The van der Waals surface area contributed by atoms with Crippen LogP contribution in [0.4, 0.5) is 0 Å². The van der Waals surface area contributed by atoms with Crippen LogP contribution in [0.3, 0.4) is 0 Å². The number of hydrogen-bond acceptors (Lipinski definition) is 3. The summed E-state index contributed by atoms with van der Waals surface area (Å²) in [5.41, 5.74) is 6.69. The molecule has 3 nitrogen and oxygen atoms in total. The Bertz CT molecular complexity index is 310. The van der Waals surface area contributed by atoms with Crippen LogP contribution in [0.2, 0.25) is 0 Å². The number of aliphatic imine (C=N–C) groups is 1. The van der Waals surface area contributed by atoms with Crippen LogP contribution in [0, 0.1) is 0 Å². The predicted molar refractivity (Wildman–Crippen MR) is 84.5 cm³/mol. The molecule has 0 unspecified atom stereocenters. The lowest BCUT2D eigenvalue weighted by Crippen LogP contribution is -2.05. The van der Waals surface area contributed by atoms with Crippen LogP contribution in [0.15, 0.2) is 29.3 Å². The van der Waals surface area contributed by atoms with Crippen molar-refractivity contribution in [2.24, 2.45) is 10.7 Å². The second-order valence-corrected chi connectivity index (χ2v) is 3.53. The maximum Gasteiger partial charge on any atom is 0.153 e. The normalized spacial score (nSPS) is 9.56. The largest absolute Gasteiger partial charge is 0.497 e. The Balaban J connectivity index is 0. The molecular weight excluding hydrogens is 244 g/mol. The molecule has 0 fully saturated rings. The van der Waals surface area contributed by atoms with Gasteiger partial charge in [0.25, 0.3) is 0 Å². The van der Waals surface area contributed by atoms with Crippen molar-refractivity contribution >= 4 is 16.9 Å². The Kier molecular flexibility index (Phi) is 14.8. The van der Waals surface area contributed by atoms with Crippen molar-refractivity contribution in [1.29, 1.82) is 0 Å². The number of nitrogens with two attached hydrogens (primary N) is 1. The maximum atomic E-state index is 5.57. The van der Waals surface area contributed by atoms with Gasteiger partial charge in [0.1, 0.15) is 5.75 Å². The van der Waals surface area contributed by atoms with Crippen LogP contribution in [-0.4, -0.2) is 18.5 Å². The zero-order valence-electron chi connectivity index (χ0n) is 12.4. The van der Waals surface area contributed by atoms with Crippen molar-refractivity contribution in [3.63, 3.8) is 0 Å². The third-order valence-corrected chi connectivity index (χ3v) is 2.33. The van der Waals surface area contributed by atoms with Crippen LogP contribution in [-0.2, 0) is 6.54 Å². The van der Waals surface area contributed by atoms with Crippen LogP contribution in [0.5, 0.6) is 5.75 Å². The standard InChI is InChI=1S/C10H14N2OS.2C2H6/c1-13-9-5-3-8(4-6-9)7-12-10(11)14-2;2*1-2/h3-6H,7H2,1-2H3,(H2,11,12);2*1-2H3.